The Kier molecular flexibility index (Phi) is 4.48. The Bertz CT molecular complexity index is 24.8. The first-order valence-electron chi connectivity index (χ1n) is 1.63. The number of hydrogen-bond acceptors (Lipinski definition) is 0. The third kappa shape index (κ3) is 4.26. The number of allylic oxidation sites excluding steroid dienone is 1. The standard InChI is InChI=1S/C4H8Se/c1-2-3-4-5/h2,5H,1,3-4H2. The van der Waals surface area contributed by atoms with Crippen molar-refractivity contribution in [2.24, 2.45) is 0 Å². The summed E-state index contributed by atoms with van der Waals surface area (Å²) in [6.07, 6.45) is 3.04. The van der Waals surface area contributed by atoms with Crippen LogP contribution in [0.25, 0.3) is 0 Å². The summed E-state index contributed by atoms with van der Waals surface area (Å²) in [5.41, 5.74) is 0. The predicted molar refractivity (Wildman–Crippen MR) is 26.8 cm³/mol. The van der Waals surface area contributed by atoms with E-state index in [2.05, 4.69) is 22.6 Å². The van der Waals surface area contributed by atoms with Crippen molar-refractivity contribution in [3.63, 3.8) is 0 Å². The molecular formula is C4H8Se. The van der Waals surface area contributed by atoms with E-state index in [4.69, 9.17) is 0 Å². The van der Waals surface area contributed by atoms with Gasteiger partial charge in [-0.3, -0.25) is 0 Å². The molecule has 0 amide bonds. The minimum atomic E-state index is 1.12. The van der Waals surface area contributed by atoms with Gasteiger partial charge in [0.25, 0.3) is 0 Å². The van der Waals surface area contributed by atoms with Crippen LogP contribution in [-0.2, 0) is 0 Å². The second kappa shape index (κ2) is 4.26. The predicted octanol–water partition coefficient (Wildman–Crippen LogP) is 0.882. The van der Waals surface area contributed by atoms with Crippen LogP contribution in [0.2, 0.25) is 5.32 Å². The summed E-state index contributed by atoms with van der Waals surface area (Å²) in [4.78, 5) is 0. The van der Waals surface area contributed by atoms with Gasteiger partial charge in [0.15, 0.2) is 0 Å². The molecule has 0 nitrogen and oxygen atoms in total. The van der Waals surface area contributed by atoms with Crippen LogP contribution in [-0.4, -0.2) is 16.0 Å². The third-order valence-electron chi connectivity index (χ3n) is 0.333. The van der Waals surface area contributed by atoms with Gasteiger partial charge in [-0.05, 0) is 0 Å². The Balaban J connectivity index is 2.40. The number of rotatable bonds is 2. The van der Waals surface area contributed by atoms with Gasteiger partial charge >= 0.3 is 40.4 Å². The Morgan fingerprint density at radius 2 is 2.40 bits per heavy atom. The zero-order valence-electron chi connectivity index (χ0n) is 3.15. The van der Waals surface area contributed by atoms with Crippen molar-refractivity contribution in [3.05, 3.63) is 12.7 Å². The normalized spacial score (nSPS) is 7.40. The summed E-state index contributed by atoms with van der Waals surface area (Å²) in [6.45, 7) is 3.54. The van der Waals surface area contributed by atoms with E-state index in [9.17, 15) is 0 Å². The maximum atomic E-state index is 3.54. The van der Waals surface area contributed by atoms with Gasteiger partial charge in [-0.25, -0.2) is 0 Å². The van der Waals surface area contributed by atoms with Gasteiger partial charge < -0.3 is 0 Å². The second-order valence-corrected chi connectivity index (χ2v) is 1.74. The van der Waals surface area contributed by atoms with Gasteiger partial charge in [0, 0.05) is 0 Å². The first-order chi connectivity index (χ1) is 2.41. The summed E-state index contributed by atoms with van der Waals surface area (Å²) in [7, 11) is 0. The molecule has 0 fully saturated rings. The Hall–Kier alpha value is 0.259. The molecule has 0 aliphatic heterocycles. The molecule has 1 heteroatoms. The van der Waals surface area contributed by atoms with Crippen molar-refractivity contribution in [1.82, 2.24) is 0 Å². The summed E-state index contributed by atoms with van der Waals surface area (Å²) in [6, 6.07) is 0. The Morgan fingerprint density at radius 3 is 2.40 bits per heavy atom. The van der Waals surface area contributed by atoms with Crippen molar-refractivity contribution < 1.29 is 0 Å². The summed E-state index contributed by atoms with van der Waals surface area (Å²) >= 11 is 2.51. The summed E-state index contributed by atoms with van der Waals surface area (Å²) < 4.78 is 0. The average Bonchev–Trinajstić information content (AvgIpc) is 1.41. The molecule has 0 aromatic rings. The molecule has 0 saturated heterocycles. The van der Waals surface area contributed by atoms with Gasteiger partial charge in [0.05, 0.1) is 0 Å². The van der Waals surface area contributed by atoms with E-state index in [1.165, 1.54) is 0 Å². The quantitative estimate of drug-likeness (QED) is 0.389. The zero-order chi connectivity index (χ0) is 4.12. The molecule has 0 aliphatic rings. The molecule has 0 saturated carbocycles. The molecule has 0 bridgehead atoms. The van der Waals surface area contributed by atoms with Crippen molar-refractivity contribution in [3.8, 4) is 0 Å². The fraction of sp³-hybridized carbons (Fsp3) is 0.500. The third-order valence-corrected chi connectivity index (χ3v) is 0.875. The van der Waals surface area contributed by atoms with E-state index in [-0.39, 0.29) is 0 Å². The van der Waals surface area contributed by atoms with E-state index in [0.29, 0.717) is 0 Å². The molecule has 30 valence electrons. The fourth-order valence-corrected chi connectivity index (χ4v) is 0.474. The Morgan fingerprint density at radius 1 is 1.80 bits per heavy atom. The SMILES string of the molecule is C=CCC[SeH]. The van der Waals surface area contributed by atoms with Crippen LogP contribution >= 0.6 is 0 Å². The van der Waals surface area contributed by atoms with E-state index < -0.39 is 0 Å². The van der Waals surface area contributed by atoms with E-state index in [1.54, 1.807) is 0 Å². The van der Waals surface area contributed by atoms with Crippen LogP contribution < -0.4 is 0 Å². The molecule has 0 aromatic carbocycles. The van der Waals surface area contributed by atoms with Crippen LogP contribution in [0.1, 0.15) is 6.42 Å². The van der Waals surface area contributed by atoms with E-state index >= 15 is 0 Å². The molecule has 0 aliphatic carbocycles. The monoisotopic (exact) mass is 136 g/mol. The van der Waals surface area contributed by atoms with E-state index in [1.807, 2.05) is 6.08 Å². The van der Waals surface area contributed by atoms with Crippen LogP contribution in [0.4, 0.5) is 0 Å². The van der Waals surface area contributed by atoms with Gasteiger partial charge in [-0.15, -0.1) is 0 Å². The van der Waals surface area contributed by atoms with Gasteiger partial charge in [0.1, 0.15) is 0 Å². The molecule has 0 unspecified atom stereocenters. The molecule has 0 spiro atoms. The molecule has 0 aromatic heterocycles. The Labute approximate surface area is 41.1 Å². The molecule has 0 radical (unpaired) electrons. The fourth-order valence-electron chi connectivity index (χ4n) is 0.0913. The van der Waals surface area contributed by atoms with Crippen LogP contribution in [0.3, 0.4) is 0 Å². The van der Waals surface area contributed by atoms with E-state index in [0.717, 1.165) is 11.7 Å². The van der Waals surface area contributed by atoms with Gasteiger partial charge in [-0.2, -0.15) is 0 Å². The van der Waals surface area contributed by atoms with Crippen molar-refractivity contribution in [2.75, 3.05) is 0 Å². The topological polar surface area (TPSA) is 0 Å². The summed E-state index contributed by atoms with van der Waals surface area (Å²) in [5, 5.41) is 1.16. The molecule has 0 heterocycles. The van der Waals surface area contributed by atoms with Crippen LogP contribution in [0.15, 0.2) is 12.7 Å². The molecule has 0 atom stereocenters. The minimum absolute atomic E-state index is 1.12. The second-order valence-electron chi connectivity index (χ2n) is 0.801. The number of hydrogen-bond donors (Lipinski definition) is 0. The molecule has 0 rings (SSSR count). The van der Waals surface area contributed by atoms with Crippen LogP contribution in [0, 0.1) is 0 Å². The van der Waals surface area contributed by atoms with Crippen LogP contribution in [0.5, 0.6) is 0 Å². The van der Waals surface area contributed by atoms with Crippen molar-refractivity contribution in [1.29, 1.82) is 0 Å². The van der Waals surface area contributed by atoms with Gasteiger partial charge in [-0.1, -0.05) is 0 Å². The first kappa shape index (κ1) is 5.26. The van der Waals surface area contributed by atoms with Crippen molar-refractivity contribution >= 4 is 16.0 Å². The molecule has 0 N–H and O–H groups in total. The average molecular weight is 135 g/mol. The van der Waals surface area contributed by atoms with Gasteiger partial charge in [0.2, 0.25) is 0 Å². The first-order valence-corrected chi connectivity index (χ1v) is 2.96. The van der Waals surface area contributed by atoms with Crippen molar-refractivity contribution in [2.45, 2.75) is 11.7 Å². The maximum absolute atomic E-state index is 3.54. The molecular weight excluding hydrogens is 127 g/mol. The molecule has 5 heavy (non-hydrogen) atoms. The summed E-state index contributed by atoms with van der Waals surface area (Å²) in [5.74, 6) is 0. The zero-order valence-corrected chi connectivity index (χ0v) is 5.02.